The minimum atomic E-state index is -4.58. The van der Waals surface area contributed by atoms with Crippen LogP contribution in [0.5, 0.6) is 0 Å². The average Bonchev–Trinajstić information content (AvgIpc) is 2.74. The first-order valence-corrected chi connectivity index (χ1v) is 11.1. The Hall–Kier alpha value is -3.04. The summed E-state index contributed by atoms with van der Waals surface area (Å²) in [6.45, 7) is 0.935. The molecular formula is C22H18ClF3N2O3S. The zero-order valence-corrected chi connectivity index (χ0v) is 18.3. The lowest BCUT2D eigenvalue weighted by Gasteiger charge is -2.26. The third-order valence-electron chi connectivity index (χ3n) is 4.60. The van der Waals surface area contributed by atoms with Gasteiger partial charge < -0.3 is 5.32 Å². The van der Waals surface area contributed by atoms with Gasteiger partial charge in [-0.05, 0) is 55.0 Å². The van der Waals surface area contributed by atoms with Crippen LogP contribution in [0.1, 0.15) is 11.1 Å². The molecule has 0 bridgehead atoms. The summed E-state index contributed by atoms with van der Waals surface area (Å²) in [7, 11) is -4.18. The molecule has 32 heavy (non-hydrogen) atoms. The van der Waals surface area contributed by atoms with E-state index < -0.39 is 34.2 Å². The molecular weight excluding hydrogens is 465 g/mol. The van der Waals surface area contributed by atoms with E-state index in [1.165, 1.54) is 24.3 Å². The highest BCUT2D eigenvalue weighted by molar-refractivity contribution is 7.92. The van der Waals surface area contributed by atoms with Crippen LogP contribution in [0.25, 0.3) is 0 Å². The monoisotopic (exact) mass is 482 g/mol. The summed E-state index contributed by atoms with van der Waals surface area (Å²) in [6, 6.07) is 16.2. The Kier molecular flexibility index (Phi) is 6.80. The SMILES string of the molecule is Cc1c(Cl)cccc1N(CC(=O)Nc1cccc(C(F)(F)F)c1)S(=O)(=O)c1ccccc1. The van der Waals surface area contributed by atoms with Crippen molar-refractivity contribution in [1.82, 2.24) is 0 Å². The Morgan fingerprint density at radius 3 is 2.31 bits per heavy atom. The number of hydrogen-bond acceptors (Lipinski definition) is 3. The summed E-state index contributed by atoms with van der Waals surface area (Å²) < 4.78 is 66.4. The zero-order valence-electron chi connectivity index (χ0n) is 16.7. The molecule has 3 aromatic carbocycles. The Bertz CT molecular complexity index is 1230. The number of carbonyl (C=O) groups is 1. The molecule has 0 atom stereocenters. The van der Waals surface area contributed by atoms with Crippen molar-refractivity contribution in [2.24, 2.45) is 0 Å². The minimum Gasteiger partial charge on any atom is -0.325 e. The third kappa shape index (κ3) is 5.23. The first-order valence-electron chi connectivity index (χ1n) is 9.30. The predicted octanol–water partition coefficient (Wildman–Crippen LogP) is 5.50. The molecule has 0 heterocycles. The molecule has 168 valence electrons. The van der Waals surface area contributed by atoms with Gasteiger partial charge in [0, 0.05) is 10.7 Å². The van der Waals surface area contributed by atoms with E-state index in [-0.39, 0.29) is 16.3 Å². The fourth-order valence-corrected chi connectivity index (χ4v) is 4.66. The topological polar surface area (TPSA) is 66.5 Å². The number of halogens is 4. The van der Waals surface area contributed by atoms with Gasteiger partial charge in [-0.1, -0.05) is 41.9 Å². The molecule has 3 aromatic rings. The fraction of sp³-hybridized carbons (Fsp3) is 0.136. The molecule has 1 amide bonds. The van der Waals surface area contributed by atoms with Crippen LogP contribution in [0.2, 0.25) is 5.02 Å². The Labute approximate surface area is 188 Å². The lowest BCUT2D eigenvalue weighted by atomic mass is 10.2. The number of nitrogens with zero attached hydrogens (tertiary/aromatic N) is 1. The van der Waals surface area contributed by atoms with Gasteiger partial charge in [0.25, 0.3) is 10.0 Å². The maximum atomic E-state index is 13.3. The van der Waals surface area contributed by atoms with E-state index in [4.69, 9.17) is 11.6 Å². The molecule has 0 radical (unpaired) electrons. The molecule has 0 aliphatic carbocycles. The summed E-state index contributed by atoms with van der Waals surface area (Å²) in [5.41, 5.74) is -0.430. The lowest BCUT2D eigenvalue weighted by Crippen LogP contribution is -2.38. The summed E-state index contributed by atoms with van der Waals surface area (Å²) in [5.74, 6) is -0.816. The van der Waals surface area contributed by atoms with Gasteiger partial charge in [-0.25, -0.2) is 8.42 Å². The number of carbonyl (C=O) groups excluding carboxylic acids is 1. The van der Waals surface area contributed by atoms with Crippen molar-refractivity contribution in [3.63, 3.8) is 0 Å². The van der Waals surface area contributed by atoms with E-state index in [1.807, 2.05) is 0 Å². The fourth-order valence-electron chi connectivity index (χ4n) is 2.99. The van der Waals surface area contributed by atoms with E-state index in [9.17, 15) is 26.4 Å². The van der Waals surface area contributed by atoms with E-state index >= 15 is 0 Å². The number of anilines is 2. The van der Waals surface area contributed by atoms with Crippen LogP contribution in [0, 0.1) is 6.92 Å². The molecule has 0 saturated carbocycles. The van der Waals surface area contributed by atoms with Crippen molar-refractivity contribution < 1.29 is 26.4 Å². The third-order valence-corrected chi connectivity index (χ3v) is 6.78. The minimum absolute atomic E-state index is 0.0498. The molecule has 5 nitrogen and oxygen atoms in total. The quantitative estimate of drug-likeness (QED) is 0.504. The summed E-state index contributed by atoms with van der Waals surface area (Å²) in [5, 5.41) is 2.63. The number of hydrogen-bond donors (Lipinski definition) is 1. The molecule has 0 aliphatic heterocycles. The maximum Gasteiger partial charge on any atom is 0.416 e. The molecule has 0 fully saturated rings. The average molecular weight is 483 g/mol. The standard InChI is InChI=1S/C22H18ClF3N2O3S/c1-15-19(23)11-6-12-20(15)28(32(30,31)18-9-3-2-4-10-18)14-21(29)27-17-8-5-7-16(13-17)22(24,25)26/h2-13H,14H2,1H3,(H,27,29). The second-order valence-corrected chi connectivity index (χ2v) is 9.10. The highest BCUT2D eigenvalue weighted by Gasteiger charge is 2.31. The van der Waals surface area contributed by atoms with Crippen molar-refractivity contribution in [3.05, 3.63) is 88.9 Å². The normalized spacial score (nSPS) is 11.8. The van der Waals surface area contributed by atoms with Gasteiger partial charge in [0.2, 0.25) is 5.91 Å². The largest absolute Gasteiger partial charge is 0.416 e. The van der Waals surface area contributed by atoms with Crippen molar-refractivity contribution in [3.8, 4) is 0 Å². The van der Waals surface area contributed by atoms with E-state index in [0.717, 1.165) is 22.5 Å². The van der Waals surface area contributed by atoms with Crippen molar-refractivity contribution >= 4 is 38.9 Å². The van der Waals surface area contributed by atoms with Crippen molar-refractivity contribution in [2.75, 3.05) is 16.2 Å². The maximum absolute atomic E-state index is 13.3. The van der Waals surface area contributed by atoms with Gasteiger partial charge in [0.15, 0.2) is 0 Å². The van der Waals surface area contributed by atoms with Crippen LogP contribution < -0.4 is 9.62 Å². The van der Waals surface area contributed by atoms with Crippen molar-refractivity contribution in [1.29, 1.82) is 0 Å². The molecule has 10 heteroatoms. The molecule has 0 unspecified atom stereocenters. The van der Waals surface area contributed by atoms with Crippen LogP contribution in [0.3, 0.4) is 0 Å². The molecule has 0 aromatic heterocycles. The first-order chi connectivity index (χ1) is 15.0. The Morgan fingerprint density at radius 2 is 1.66 bits per heavy atom. The van der Waals surface area contributed by atoms with Gasteiger partial charge in [-0.3, -0.25) is 9.10 Å². The van der Waals surface area contributed by atoms with E-state index in [2.05, 4.69) is 5.32 Å². The molecule has 0 aliphatic rings. The summed E-state index contributed by atoms with van der Waals surface area (Å²) >= 11 is 6.15. The summed E-state index contributed by atoms with van der Waals surface area (Å²) in [6.07, 6.45) is -4.58. The van der Waals surface area contributed by atoms with Crippen LogP contribution in [-0.4, -0.2) is 20.9 Å². The summed E-state index contributed by atoms with van der Waals surface area (Å²) in [4.78, 5) is 12.7. The highest BCUT2D eigenvalue weighted by atomic mass is 35.5. The van der Waals surface area contributed by atoms with Gasteiger partial charge >= 0.3 is 6.18 Å². The highest BCUT2D eigenvalue weighted by Crippen LogP contribution is 2.32. The zero-order chi connectivity index (χ0) is 23.5. The predicted molar refractivity (Wildman–Crippen MR) is 117 cm³/mol. The van der Waals surface area contributed by atoms with Crippen LogP contribution in [0.4, 0.5) is 24.5 Å². The number of alkyl halides is 3. The number of sulfonamides is 1. The van der Waals surface area contributed by atoms with Gasteiger partial charge in [0.1, 0.15) is 6.54 Å². The molecule has 0 spiro atoms. The van der Waals surface area contributed by atoms with E-state index in [1.54, 1.807) is 37.3 Å². The molecule has 1 N–H and O–H groups in total. The number of rotatable bonds is 6. The van der Waals surface area contributed by atoms with Crippen LogP contribution >= 0.6 is 11.6 Å². The van der Waals surface area contributed by atoms with E-state index in [0.29, 0.717) is 10.6 Å². The Balaban J connectivity index is 1.96. The number of amides is 1. The number of nitrogens with one attached hydrogen (secondary N) is 1. The second-order valence-electron chi connectivity index (χ2n) is 6.84. The lowest BCUT2D eigenvalue weighted by molar-refractivity contribution is -0.137. The smallest absolute Gasteiger partial charge is 0.325 e. The van der Waals surface area contributed by atoms with Crippen molar-refractivity contribution in [2.45, 2.75) is 18.0 Å². The van der Waals surface area contributed by atoms with Gasteiger partial charge in [-0.2, -0.15) is 13.2 Å². The second kappa shape index (κ2) is 9.22. The first kappa shape index (κ1) is 23.6. The number of benzene rings is 3. The Morgan fingerprint density at radius 1 is 1.00 bits per heavy atom. The van der Waals surface area contributed by atoms with Gasteiger partial charge in [-0.15, -0.1) is 0 Å². The molecule has 0 saturated heterocycles. The van der Waals surface area contributed by atoms with Crippen LogP contribution in [0.15, 0.2) is 77.7 Å². The van der Waals surface area contributed by atoms with Crippen LogP contribution in [-0.2, 0) is 21.0 Å². The van der Waals surface area contributed by atoms with Gasteiger partial charge in [0.05, 0.1) is 16.1 Å². The molecule has 3 rings (SSSR count).